The summed E-state index contributed by atoms with van der Waals surface area (Å²) in [6.07, 6.45) is 0. The van der Waals surface area contributed by atoms with Crippen LogP contribution in [-0.4, -0.2) is 33.5 Å². The number of hydrogen-bond donors (Lipinski definition) is 3. The predicted molar refractivity (Wildman–Crippen MR) is 22.1 cm³/mol. The Kier molecular flexibility index (Phi) is 16.5. The molecule has 0 aromatic rings. The van der Waals surface area contributed by atoms with Crippen molar-refractivity contribution in [2.45, 2.75) is 0 Å². The third-order valence-electron chi connectivity index (χ3n) is 0. The molecule has 0 aliphatic heterocycles. The van der Waals surface area contributed by atoms with E-state index in [0.717, 1.165) is 0 Å². The normalized spacial score (nSPS) is 7.88. The molecule has 0 aromatic heterocycles. The molecule has 0 saturated heterocycles. The molecule has 46 valence electrons. The Morgan fingerprint density at radius 1 is 1.12 bits per heavy atom. The fourth-order valence-corrected chi connectivity index (χ4v) is 0. The van der Waals surface area contributed by atoms with E-state index in [1.807, 2.05) is 0 Å². The van der Waals surface area contributed by atoms with Gasteiger partial charge in [0.2, 0.25) is 0 Å². The average Bonchev–Trinajstić information content (AvgIpc) is 1.36. The van der Waals surface area contributed by atoms with Gasteiger partial charge in [-0.25, -0.2) is 4.57 Å². The van der Waals surface area contributed by atoms with Crippen molar-refractivity contribution in [1.29, 1.82) is 0 Å². The van der Waals surface area contributed by atoms with E-state index in [4.69, 9.17) is 22.6 Å². The van der Waals surface area contributed by atoms with Crippen molar-refractivity contribution in [3.05, 3.63) is 0 Å². The summed E-state index contributed by atoms with van der Waals surface area (Å²) in [7, 11) is -4.64. The van der Waals surface area contributed by atoms with Crippen LogP contribution in [0.5, 0.6) is 0 Å². The average molecular weight is 306 g/mol. The van der Waals surface area contributed by atoms with Crippen molar-refractivity contribution in [3.8, 4) is 0 Å². The van der Waals surface area contributed by atoms with Gasteiger partial charge in [-0.3, -0.25) is 0 Å². The van der Waals surface area contributed by atoms with Crippen LogP contribution in [0.3, 0.4) is 0 Å². The van der Waals surface area contributed by atoms with E-state index in [0.29, 0.717) is 19.8 Å². The first kappa shape index (κ1) is 16.1. The Hall–Kier alpha value is 1.20. The Balaban J connectivity index is -0.0000000750. The maximum atomic E-state index is 8.88. The molecule has 0 rings (SSSR count). The van der Waals surface area contributed by atoms with Gasteiger partial charge in [0.15, 0.2) is 0 Å². The summed E-state index contributed by atoms with van der Waals surface area (Å²) in [5.41, 5.74) is 0. The summed E-state index contributed by atoms with van der Waals surface area (Å²) in [5.74, 6) is 0. The van der Waals surface area contributed by atoms with Crippen molar-refractivity contribution in [3.63, 3.8) is 0 Å². The van der Waals surface area contributed by atoms with Gasteiger partial charge in [-0.05, 0) is 0 Å². The van der Waals surface area contributed by atoms with Crippen LogP contribution < -0.4 is 0 Å². The third-order valence-corrected chi connectivity index (χ3v) is 0. The van der Waals surface area contributed by atoms with Gasteiger partial charge in [0.25, 0.3) is 0 Å². The molecule has 0 atom stereocenters. The van der Waals surface area contributed by atoms with Gasteiger partial charge in [-0.2, -0.15) is 0 Å². The molecule has 0 saturated carbocycles. The summed E-state index contributed by atoms with van der Waals surface area (Å²) >= 11 is 0.333. The third kappa shape index (κ3) is 193. The first-order valence-corrected chi connectivity index (χ1v) is 3.71. The number of phosphoric acid groups is 1. The molecular weight excluding hydrogens is 302 g/mol. The molecule has 0 radical (unpaired) electrons. The van der Waals surface area contributed by atoms with Crippen LogP contribution >= 0.6 is 7.82 Å². The number of hydrogen-bond acceptors (Lipinski definition) is 2. The molecule has 8 heteroatoms. The van der Waals surface area contributed by atoms with Gasteiger partial charge in [0, 0.05) is 0 Å². The van der Waals surface area contributed by atoms with Crippen molar-refractivity contribution in [2.24, 2.45) is 0 Å². The Morgan fingerprint density at radius 3 is 1.12 bits per heavy atom. The van der Waals surface area contributed by atoms with E-state index >= 15 is 0 Å². The van der Waals surface area contributed by atoms with Crippen LogP contribution in [0, 0.1) is 0 Å². The monoisotopic (exact) mass is 306 g/mol. The van der Waals surface area contributed by atoms with Gasteiger partial charge in [0.05, 0.1) is 0 Å². The number of rotatable bonds is 0. The van der Waals surface area contributed by atoms with E-state index in [1.54, 1.807) is 0 Å². The van der Waals surface area contributed by atoms with Gasteiger partial charge in [-0.1, -0.05) is 0 Å². The second kappa shape index (κ2) is 8.20. The standard InChI is InChI=1S/Li.H3O4P.O.W.H/c;1-5(2,3)4;;;/h;(H3,1,2,3,4);;;. The molecule has 8 heavy (non-hydrogen) atoms. The zero-order chi connectivity index (χ0) is 6.50. The molecule has 3 N–H and O–H groups in total. The zero-order valence-electron chi connectivity index (χ0n) is 3.01. The fraction of sp³-hybridized carbons (Fsp3) is 0. The molecule has 0 aromatic carbocycles. The summed E-state index contributed by atoms with van der Waals surface area (Å²) in [6.45, 7) is 0. The molecule has 0 bridgehead atoms. The topological polar surface area (TPSA) is 94.8 Å². The van der Waals surface area contributed by atoms with Crippen LogP contribution in [0.15, 0.2) is 0 Å². The summed E-state index contributed by atoms with van der Waals surface area (Å²) < 4.78 is 17.2. The quantitative estimate of drug-likeness (QED) is 0.366. The zero-order valence-corrected chi connectivity index (χ0v) is 6.84. The van der Waals surface area contributed by atoms with Gasteiger partial charge in [0.1, 0.15) is 0 Å². The Bertz CT molecular complexity index is 68.2. The molecule has 0 aliphatic carbocycles. The van der Waals surface area contributed by atoms with E-state index in [1.165, 1.54) is 0 Å². The Morgan fingerprint density at radius 2 is 1.12 bits per heavy atom. The SMILES string of the molecule is O=P(O)(O)O.[LiH].[O]=[W]. The van der Waals surface area contributed by atoms with Crippen molar-refractivity contribution < 1.29 is 42.4 Å². The summed E-state index contributed by atoms with van der Waals surface area (Å²) in [4.78, 5) is 21.6. The van der Waals surface area contributed by atoms with Crippen LogP contribution in [0.25, 0.3) is 0 Å². The fourth-order valence-electron chi connectivity index (χ4n) is 0. The first-order valence-electron chi connectivity index (χ1n) is 0.949. The van der Waals surface area contributed by atoms with Gasteiger partial charge in [-0.15, -0.1) is 0 Å². The molecule has 0 fully saturated rings. The van der Waals surface area contributed by atoms with Crippen LogP contribution in [-0.2, 0) is 27.7 Å². The first-order chi connectivity index (χ1) is 3.00. The molecule has 0 heterocycles. The van der Waals surface area contributed by atoms with Crippen molar-refractivity contribution in [1.82, 2.24) is 0 Å². The second-order valence-corrected chi connectivity index (χ2v) is 1.54. The second-order valence-electron chi connectivity index (χ2n) is 0.513. The summed E-state index contributed by atoms with van der Waals surface area (Å²) in [5, 5.41) is 0. The summed E-state index contributed by atoms with van der Waals surface area (Å²) in [6, 6.07) is 0. The Labute approximate surface area is 69.1 Å². The molecule has 0 aliphatic rings. The van der Waals surface area contributed by atoms with E-state index in [2.05, 4.69) is 0 Å². The minimum atomic E-state index is -4.64. The van der Waals surface area contributed by atoms with E-state index in [-0.39, 0.29) is 18.9 Å². The predicted octanol–water partition coefficient (Wildman–Crippen LogP) is -1.70. The van der Waals surface area contributed by atoms with Crippen LogP contribution in [0.1, 0.15) is 0 Å². The molecule has 0 unspecified atom stereocenters. The minimum absolute atomic E-state index is 0. The van der Waals surface area contributed by atoms with E-state index in [9.17, 15) is 0 Å². The molecular formula is H4LiO5PW. The maximum absolute atomic E-state index is 8.88. The van der Waals surface area contributed by atoms with Crippen LogP contribution in [0.2, 0.25) is 0 Å². The molecule has 0 spiro atoms. The van der Waals surface area contributed by atoms with Crippen LogP contribution in [0.4, 0.5) is 0 Å². The van der Waals surface area contributed by atoms with E-state index < -0.39 is 7.82 Å². The van der Waals surface area contributed by atoms with Crippen molar-refractivity contribution >= 4 is 26.7 Å². The van der Waals surface area contributed by atoms with Gasteiger partial charge >= 0.3 is 49.9 Å². The molecule has 5 nitrogen and oxygen atoms in total. The van der Waals surface area contributed by atoms with Crippen molar-refractivity contribution in [2.75, 3.05) is 0 Å². The molecule has 0 amide bonds. The van der Waals surface area contributed by atoms with Gasteiger partial charge < -0.3 is 14.7 Å².